The Hall–Kier alpha value is -2.69. The molecule has 3 fully saturated rings. The Balaban J connectivity index is 0.000000193. The normalized spacial score (nSPS) is 19.8. The second kappa shape index (κ2) is 15.9. The number of aromatic nitrogens is 4. The number of rotatable bonds is 7. The summed E-state index contributed by atoms with van der Waals surface area (Å²) >= 11 is 0. The monoisotopic (exact) mass is 825 g/mol. The Morgan fingerprint density at radius 3 is 1.51 bits per heavy atom. The number of benzene rings is 2. The summed E-state index contributed by atoms with van der Waals surface area (Å²) in [6.07, 6.45) is 3.18. The zero-order valence-electron chi connectivity index (χ0n) is 32.7. The maximum atomic E-state index is 13.5. The lowest BCUT2D eigenvalue weighted by atomic mass is 9.94. The molecule has 55 heavy (non-hydrogen) atoms. The molecule has 0 aliphatic carbocycles. The number of piperidine rings is 1. The summed E-state index contributed by atoms with van der Waals surface area (Å²) in [7, 11) is -2.12. The molecule has 0 unspecified atom stereocenters. The van der Waals surface area contributed by atoms with Gasteiger partial charge in [0.1, 0.15) is 11.6 Å². The Bertz CT molecular complexity index is 2210. The number of ether oxygens (including phenoxy) is 2. The van der Waals surface area contributed by atoms with Crippen LogP contribution in [0, 0.1) is 11.8 Å². The molecular weight excluding hydrogens is 772 g/mol. The molecule has 0 atom stereocenters. The number of hydrogen-bond donors (Lipinski definition) is 0. The first kappa shape index (κ1) is 41.9. The van der Waals surface area contributed by atoms with Crippen LogP contribution in [-0.2, 0) is 52.5 Å². The summed E-state index contributed by atoms with van der Waals surface area (Å²) in [6, 6.07) is 9.91. The van der Waals surface area contributed by atoms with Crippen LogP contribution in [0.2, 0.25) is 0 Å². The fourth-order valence-corrected chi connectivity index (χ4v) is 9.86. The van der Waals surface area contributed by atoms with Gasteiger partial charge in [0, 0.05) is 87.0 Å². The van der Waals surface area contributed by atoms with Crippen molar-refractivity contribution in [2.24, 2.45) is 11.8 Å². The zero-order chi connectivity index (χ0) is 40.0. The van der Waals surface area contributed by atoms with Crippen molar-refractivity contribution in [1.29, 1.82) is 0 Å². The molecule has 3 aliphatic heterocycles. The number of sulfonamides is 1. The van der Waals surface area contributed by atoms with Crippen LogP contribution in [0.4, 0.5) is 8.78 Å². The quantitative estimate of drug-likeness (QED) is 0.173. The smallest absolute Gasteiger partial charge is 0.261 e. The molecule has 0 radical (unpaired) electrons. The highest BCUT2D eigenvalue weighted by atomic mass is 35.7. The van der Waals surface area contributed by atoms with E-state index in [2.05, 4.69) is 50.7 Å². The maximum absolute atomic E-state index is 13.5. The highest BCUT2D eigenvalue weighted by Crippen LogP contribution is 2.34. The van der Waals surface area contributed by atoms with Crippen molar-refractivity contribution >= 4 is 51.8 Å². The molecule has 2 aromatic heterocycles. The Morgan fingerprint density at radius 1 is 0.709 bits per heavy atom. The number of alkyl halides is 2. The summed E-state index contributed by atoms with van der Waals surface area (Å²) in [5.41, 5.74) is 2.82. The molecule has 0 bridgehead atoms. The van der Waals surface area contributed by atoms with E-state index in [1.54, 1.807) is 24.3 Å². The van der Waals surface area contributed by atoms with Gasteiger partial charge in [-0.3, -0.25) is 0 Å². The van der Waals surface area contributed by atoms with Crippen molar-refractivity contribution < 1.29 is 35.1 Å². The zero-order valence-corrected chi connectivity index (χ0v) is 35.0. The van der Waals surface area contributed by atoms with Crippen molar-refractivity contribution in [3.63, 3.8) is 0 Å². The largest absolute Gasteiger partial charge is 0.381 e. The van der Waals surface area contributed by atoms with Crippen LogP contribution in [0.15, 0.2) is 46.2 Å². The van der Waals surface area contributed by atoms with Crippen molar-refractivity contribution in [3.05, 3.63) is 48.0 Å². The van der Waals surface area contributed by atoms with Gasteiger partial charge in [0.2, 0.25) is 10.0 Å². The fraction of sp³-hybridized carbons (Fsp3) is 0.641. The molecule has 0 saturated carbocycles. The molecule has 11 nitrogen and oxygen atoms in total. The van der Waals surface area contributed by atoms with Gasteiger partial charge in [0.25, 0.3) is 15.0 Å². The van der Waals surface area contributed by atoms with Crippen LogP contribution in [0.3, 0.4) is 0 Å². The average molecular weight is 826 g/mol. The standard InChI is InChI=1S/C22H31F2N3O3S.C17H23ClN2O3S/c1-21(2,3)20-25-18-14-17(31(28,29)26-10-8-22(23,24)9-11-26)4-5-19(18)27(20)15-16-6-12-30-13-7-16;1-17(2,3)16-19-14-10-13(24(18,21)22)4-5-15(14)20(16)11-12-6-8-23-9-7-12/h4-5,14,16H,6-13,15H2,1-3H3;4-5,10,12H,6-9,11H2,1-3H3. The molecular formula is C39H54ClF2N5O6S2. The minimum absolute atomic E-state index is 0.0906. The van der Waals surface area contributed by atoms with Crippen LogP contribution < -0.4 is 0 Å². The maximum Gasteiger partial charge on any atom is 0.261 e. The first-order chi connectivity index (χ1) is 25.6. The molecule has 5 heterocycles. The van der Waals surface area contributed by atoms with Crippen LogP contribution in [0.1, 0.15) is 91.7 Å². The minimum atomic E-state index is -3.84. The second-order valence-electron chi connectivity index (χ2n) is 17.2. The number of nitrogens with zero attached hydrogens (tertiary/aromatic N) is 5. The van der Waals surface area contributed by atoms with E-state index in [9.17, 15) is 25.6 Å². The number of imidazole rings is 2. The SMILES string of the molecule is CC(C)(C)c1nc2cc(S(=O)(=O)Cl)ccc2n1CC1CCOCC1.CC(C)(C)c1nc2cc(S(=O)(=O)N3CCC(F)(F)CC3)ccc2n1CC1CCOCC1. The average Bonchev–Trinajstić information content (AvgIpc) is 3.67. The predicted octanol–water partition coefficient (Wildman–Crippen LogP) is 7.87. The second-order valence-corrected chi connectivity index (χ2v) is 21.7. The molecule has 0 N–H and O–H groups in total. The Labute approximate surface area is 328 Å². The Morgan fingerprint density at radius 2 is 1.11 bits per heavy atom. The van der Waals surface area contributed by atoms with Gasteiger partial charge < -0.3 is 18.6 Å². The molecule has 3 aliphatic rings. The van der Waals surface area contributed by atoms with Crippen LogP contribution >= 0.6 is 10.7 Å². The minimum Gasteiger partial charge on any atom is -0.381 e. The molecule has 3 saturated heterocycles. The van der Waals surface area contributed by atoms with Crippen molar-refractivity contribution in [2.75, 3.05) is 39.5 Å². The molecule has 16 heteroatoms. The summed E-state index contributed by atoms with van der Waals surface area (Å²) in [6.45, 7) is 17.1. The van der Waals surface area contributed by atoms with Gasteiger partial charge in [-0.15, -0.1) is 0 Å². The third-order valence-corrected chi connectivity index (χ3v) is 14.0. The topological polar surface area (TPSA) is 126 Å². The molecule has 7 rings (SSSR count). The van der Waals surface area contributed by atoms with Gasteiger partial charge in [0.05, 0.1) is 31.9 Å². The Kier molecular flexibility index (Phi) is 12.1. The van der Waals surface area contributed by atoms with Crippen molar-refractivity contribution in [3.8, 4) is 0 Å². The van der Waals surface area contributed by atoms with Gasteiger partial charge >= 0.3 is 0 Å². The van der Waals surface area contributed by atoms with Gasteiger partial charge in [-0.05, 0) is 73.9 Å². The molecule has 0 amide bonds. The molecule has 2 aromatic carbocycles. The van der Waals surface area contributed by atoms with Gasteiger partial charge in [-0.25, -0.2) is 35.6 Å². The summed E-state index contributed by atoms with van der Waals surface area (Å²) in [4.78, 5) is 9.76. The number of halogens is 3. The van der Waals surface area contributed by atoms with E-state index in [1.165, 1.54) is 0 Å². The fourth-order valence-electron chi connectivity index (χ4n) is 7.62. The van der Waals surface area contributed by atoms with E-state index >= 15 is 0 Å². The van der Waals surface area contributed by atoms with Gasteiger partial charge in [-0.1, -0.05) is 41.5 Å². The first-order valence-electron chi connectivity index (χ1n) is 19.1. The van der Waals surface area contributed by atoms with Crippen LogP contribution in [0.25, 0.3) is 22.1 Å². The van der Waals surface area contributed by atoms with E-state index in [4.69, 9.17) is 30.1 Å². The molecule has 4 aromatic rings. The lowest BCUT2D eigenvalue weighted by Crippen LogP contribution is -2.42. The predicted molar refractivity (Wildman–Crippen MR) is 210 cm³/mol. The highest BCUT2D eigenvalue weighted by molar-refractivity contribution is 8.13. The van der Waals surface area contributed by atoms with Crippen LogP contribution in [0.5, 0.6) is 0 Å². The molecule has 304 valence electrons. The summed E-state index contributed by atoms with van der Waals surface area (Å²) in [5.74, 6) is 0.134. The third kappa shape index (κ3) is 9.72. The number of fused-ring (bicyclic) bond motifs is 2. The van der Waals surface area contributed by atoms with Crippen molar-refractivity contribution in [2.45, 2.75) is 120 Å². The summed E-state index contributed by atoms with van der Waals surface area (Å²) in [5, 5.41) is 0. The summed E-state index contributed by atoms with van der Waals surface area (Å²) < 4.78 is 92.9. The van der Waals surface area contributed by atoms with E-state index in [1.807, 2.05) is 12.1 Å². The lowest BCUT2D eigenvalue weighted by Gasteiger charge is -2.30. The van der Waals surface area contributed by atoms with Gasteiger partial charge in [0.15, 0.2) is 0 Å². The highest BCUT2D eigenvalue weighted by Gasteiger charge is 2.39. The number of hydrogen-bond acceptors (Lipinski definition) is 8. The van der Waals surface area contributed by atoms with Crippen molar-refractivity contribution in [1.82, 2.24) is 23.4 Å². The van der Waals surface area contributed by atoms with E-state index in [0.717, 1.165) is 92.2 Å². The van der Waals surface area contributed by atoms with E-state index in [-0.39, 0.29) is 33.7 Å². The van der Waals surface area contributed by atoms with E-state index < -0.39 is 37.8 Å². The van der Waals surface area contributed by atoms with E-state index in [0.29, 0.717) is 22.9 Å². The lowest BCUT2D eigenvalue weighted by molar-refractivity contribution is -0.0412. The van der Waals surface area contributed by atoms with Gasteiger partial charge in [-0.2, -0.15) is 4.31 Å². The van der Waals surface area contributed by atoms with Crippen LogP contribution in [-0.4, -0.2) is 85.7 Å². The first-order valence-corrected chi connectivity index (χ1v) is 22.9. The molecule has 0 spiro atoms. The third-order valence-electron chi connectivity index (χ3n) is 10.7.